The predicted molar refractivity (Wildman–Crippen MR) is 80.2 cm³/mol. The molecule has 0 bridgehead atoms. The number of nitrogens with one attached hydrogen (secondary N) is 1. The van der Waals surface area contributed by atoms with E-state index >= 15 is 0 Å². The lowest BCUT2D eigenvalue weighted by Gasteiger charge is -2.20. The molecule has 120 valence electrons. The summed E-state index contributed by atoms with van der Waals surface area (Å²) in [5, 5.41) is 11.5. The fraction of sp³-hybridized carbons (Fsp3) is 0.438. The van der Waals surface area contributed by atoms with Crippen LogP contribution in [0.4, 0.5) is 0 Å². The molecule has 0 aliphatic rings. The van der Waals surface area contributed by atoms with E-state index in [4.69, 9.17) is 4.74 Å². The van der Waals surface area contributed by atoms with Crippen LogP contribution in [0.5, 0.6) is 0 Å². The van der Waals surface area contributed by atoms with Gasteiger partial charge in [0.15, 0.2) is 0 Å². The van der Waals surface area contributed by atoms with Crippen LogP contribution in [0.15, 0.2) is 30.3 Å². The monoisotopic (exact) mass is 307 g/mol. The van der Waals surface area contributed by atoms with E-state index in [0.29, 0.717) is 0 Å². The van der Waals surface area contributed by atoms with Gasteiger partial charge < -0.3 is 15.2 Å². The minimum Gasteiger partial charge on any atom is -0.480 e. The maximum Gasteiger partial charge on any atom is 0.326 e. The summed E-state index contributed by atoms with van der Waals surface area (Å²) in [6, 6.07) is 7.86. The van der Waals surface area contributed by atoms with Crippen molar-refractivity contribution in [2.24, 2.45) is 0 Å². The summed E-state index contributed by atoms with van der Waals surface area (Å²) in [4.78, 5) is 34.5. The fourth-order valence-corrected chi connectivity index (χ4v) is 1.80. The first-order valence-corrected chi connectivity index (χ1v) is 6.95. The number of esters is 1. The van der Waals surface area contributed by atoms with Gasteiger partial charge in [-0.3, -0.25) is 9.59 Å². The highest BCUT2D eigenvalue weighted by molar-refractivity contribution is 5.96. The summed E-state index contributed by atoms with van der Waals surface area (Å²) in [7, 11) is 0. The SMILES string of the molecule is CC(C)(C)OC(=O)CC(=O)NC(Cc1ccccc1)C(=O)O. The first kappa shape index (κ1) is 17.7. The van der Waals surface area contributed by atoms with Crippen molar-refractivity contribution in [3.05, 3.63) is 35.9 Å². The van der Waals surface area contributed by atoms with E-state index < -0.39 is 35.9 Å². The Morgan fingerprint density at radius 3 is 2.27 bits per heavy atom. The predicted octanol–water partition coefficient (Wildman–Crippen LogP) is 1.53. The second kappa shape index (κ2) is 7.59. The van der Waals surface area contributed by atoms with E-state index in [2.05, 4.69) is 5.32 Å². The largest absolute Gasteiger partial charge is 0.480 e. The standard InChI is InChI=1S/C16H21NO5/c1-16(2,3)22-14(19)10-13(18)17-12(15(20)21)9-11-7-5-4-6-8-11/h4-8,12H,9-10H2,1-3H3,(H,17,18)(H,20,21). The molecule has 1 atom stereocenters. The quantitative estimate of drug-likeness (QED) is 0.614. The van der Waals surface area contributed by atoms with Gasteiger partial charge in [0.1, 0.15) is 18.1 Å². The molecule has 1 rings (SSSR count). The Hall–Kier alpha value is -2.37. The van der Waals surface area contributed by atoms with Gasteiger partial charge >= 0.3 is 11.9 Å². The van der Waals surface area contributed by atoms with Gasteiger partial charge in [0.05, 0.1) is 0 Å². The molecular weight excluding hydrogens is 286 g/mol. The van der Waals surface area contributed by atoms with Crippen LogP contribution < -0.4 is 5.32 Å². The lowest BCUT2D eigenvalue weighted by molar-refractivity contribution is -0.157. The number of carboxylic acids is 1. The number of ether oxygens (including phenoxy) is 1. The van der Waals surface area contributed by atoms with Gasteiger partial charge in [-0.2, -0.15) is 0 Å². The van der Waals surface area contributed by atoms with Crippen LogP contribution in [-0.2, 0) is 25.5 Å². The summed E-state index contributed by atoms with van der Waals surface area (Å²) < 4.78 is 5.02. The zero-order valence-corrected chi connectivity index (χ0v) is 13.0. The average Bonchev–Trinajstić information content (AvgIpc) is 2.36. The van der Waals surface area contributed by atoms with Crippen molar-refractivity contribution in [2.75, 3.05) is 0 Å². The van der Waals surface area contributed by atoms with Crippen molar-refractivity contribution in [2.45, 2.75) is 45.3 Å². The van der Waals surface area contributed by atoms with Crippen LogP contribution in [0, 0.1) is 0 Å². The Labute approximate surface area is 129 Å². The first-order chi connectivity index (χ1) is 10.2. The van der Waals surface area contributed by atoms with Crippen molar-refractivity contribution >= 4 is 17.8 Å². The number of aliphatic carboxylic acids is 1. The van der Waals surface area contributed by atoms with Gasteiger partial charge in [0.2, 0.25) is 5.91 Å². The number of amides is 1. The topological polar surface area (TPSA) is 92.7 Å². The van der Waals surface area contributed by atoms with Gasteiger partial charge in [-0.15, -0.1) is 0 Å². The smallest absolute Gasteiger partial charge is 0.326 e. The molecule has 6 heteroatoms. The normalized spacial score (nSPS) is 12.3. The highest BCUT2D eigenvalue weighted by atomic mass is 16.6. The molecule has 0 saturated heterocycles. The van der Waals surface area contributed by atoms with E-state index in [1.54, 1.807) is 45.0 Å². The maximum absolute atomic E-state index is 11.8. The summed E-state index contributed by atoms with van der Waals surface area (Å²) >= 11 is 0. The van der Waals surface area contributed by atoms with E-state index in [9.17, 15) is 19.5 Å². The van der Waals surface area contributed by atoms with Crippen LogP contribution in [0.2, 0.25) is 0 Å². The summed E-state index contributed by atoms with van der Waals surface area (Å²) in [5.74, 6) is -2.51. The van der Waals surface area contributed by atoms with E-state index in [1.807, 2.05) is 6.07 Å². The number of rotatable bonds is 6. The summed E-state index contributed by atoms with van der Waals surface area (Å²) in [5.41, 5.74) is 0.0978. The van der Waals surface area contributed by atoms with Crippen LogP contribution >= 0.6 is 0 Å². The molecule has 0 aromatic heterocycles. The minimum atomic E-state index is -1.15. The molecule has 0 heterocycles. The summed E-state index contributed by atoms with van der Waals surface area (Å²) in [6.45, 7) is 5.08. The highest BCUT2D eigenvalue weighted by Gasteiger charge is 2.23. The average molecular weight is 307 g/mol. The van der Waals surface area contributed by atoms with E-state index in [0.717, 1.165) is 5.56 Å². The van der Waals surface area contributed by atoms with Gasteiger partial charge in [-0.1, -0.05) is 30.3 Å². The second-order valence-corrected chi connectivity index (χ2v) is 5.91. The number of hydrogen-bond donors (Lipinski definition) is 2. The van der Waals surface area contributed by atoms with E-state index in [1.165, 1.54) is 0 Å². The Kier molecular flexibility index (Phi) is 6.10. The van der Waals surface area contributed by atoms with Crippen LogP contribution in [0.25, 0.3) is 0 Å². The summed E-state index contributed by atoms with van der Waals surface area (Å²) in [6.07, 6.45) is -0.355. The van der Waals surface area contributed by atoms with Crippen molar-refractivity contribution < 1.29 is 24.2 Å². The van der Waals surface area contributed by atoms with Crippen molar-refractivity contribution in [3.63, 3.8) is 0 Å². The molecule has 1 unspecified atom stereocenters. The van der Waals surface area contributed by atoms with Gasteiger partial charge in [-0.25, -0.2) is 4.79 Å². The van der Waals surface area contributed by atoms with Gasteiger partial charge in [-0.05, 0) is 26.3 Å². The number of hydrogen-bond acceptors (Lipinski definition) is 4. The highest BCUT2D eigenvalue weighted by Crippen LogP contribution is 2.08. The minimum absolute atomic E-state index is 0.149. The zero-order valence-electron chi connectivity index (χ0n) is 13.0. The second-order valence-electron chi connectivity index (χ2n) is 5.91. The Balaban J connectivity index is 2.58. The van der Waals surface area contributed by atoms with Crippen LogP contribution in [-0.4, -0.2) is 34.6 Å². The maximum atomic E-state index is 11.8. The Morgan fingerprint density at radius 1 is 1.18 bits per heavy atom. The molecule has 0 saturated carbocycles. The fourth-order valence-electron chi connectivity index (χ4n) is 1.80. The lowest BCUT2D eigenvalue weighted by atomic mass is 10.1. The number of benzene rings is 1. The molecule has 1 aromatic rings. The van der Waals surface area contributed by atoms with Gasteiger partial charge in [0.25, 0.3) is 0 Å². The van der Waals surface area contributed by atoms with Crippen molar-refractivity contribution in [1.82, 2.24) is 5.32 Å². The molecule has 0 spiro atoms. The molecule has 22 heavy (non-hydrogen) atoms. The third-order valence-electron chi connectivity index (χ3n) is 2.64. The third-order valence-corrected chi connectivity index (χ3v) is 2.64. The molecule has 0 fully saturated rings. The molecule has 0 aliphatic heterocycles. The number of carbonyl (C=O) groups is 3. The van der Waals surface area contributed by atoms with Crippen LogP contribution in [0.3, 0.4) is 0 Å². The molecular formula is C16H21NO5. The third kappa shape index (κ3) is 6.88. The Bertz CT molecular complexity index is 533. The first-order valence-electron chi connectivity index (χ1n) is 6.95. The molecule has 2 N–H and O–H groups in total. The van der Waals surface area contributed by atoms with Gasteiger partial charge in [0, 0.05) is 6.42 Å². The molecule has 0 radical (unpaired) electrons. The zero-order chi connectivity index (χ0) is 16.8. The Morgan fingerprint density at radius 2 is 1.77 bits per heavy atom. The number of carbonyl (C=O) groups excluding carboxylic acids is 2. The van der Waals surface area contributed by atoms with Crippen LogP contribution in [0.1, 0.15) is 32.8 Å². The molecule has 1 amide bonds. The van der Waals surface area contributed by atoms with Crippen molar-refractivity contribution in [3.8, 4) is 0 Å². The molecule has 6 nitrogen and oxygen atoms in total. The van der Waals surface area contributed by atoms with E-state index in [-0.39, 0.29) is 6.42 Å². The van der Waals surface area contributed by atoms with Crippen molar-refractivity contribution in [1.29, 1.82) is 0 Å². The lowest BCUT2D eigenvalue weighted by Crippen LogP contribution is -2.43. The molecule has 0 aliphatic carbocycles. The number of carboxylic acid groups (broad SMARTS) is 1. The molecule has 1 aromatic carbocycles.